The fourth-order valence-corrected chi connectivity index (χ4v) is 5.40. The Morgan fingerprint density at radius 2 is 2.12 bits per heavy atom. The monoisotopic (exact) mass is 404 g/mol. The highest BCUT2D eigenvalue weighted by atomic mass is 35.5. The van der Waals surface area contributed by atoms with E-state index in [1.165, 1.54) is 41.2 Å². The van der Waals surface area contributed by atoms with Crippen LogP contribution in [0.5, 0.6) is 0 Å². The Hall–Kier alpha value is -1.70. The lowest BCUT2D eigenvalue weighted by atomic mass is 9.97. The number of thioether (sulfide) groups is 1. The topological polar surface area (TPSA) is 67.8 Å². The van der Waals surface area contributed by atoms with Crippen molar-refractivity contribution in [2.45, 2.75) is 42.9 Å². The Morgan fingerprint density at radius 3 is 2.92 bits per heavy atom. The normalized spacial score (nSPS) is 14.8. The maximum atomic E-state index is 12.5. The number of hydrogen-bond acceptors (Lipinski definition) is 6. The molecule has 0 unspecified atom stereocenters. The number of hydrogen-bond donors (Lipinski definition) is 1. The van der Waals surface area contributed by atoms with Gasteiger partial charge in [-0.25, -0.2) is 15.0 Å². The highest BCUT2D eigenvalue weighted by molar-refractivity contribution is 8.00. The molecule has 0 saturated carbocycles. The first-order chi connectivity index (χ1) is 12.6. The highest BCUT2D eigenvalue weighted by Gasteiger charge is 2.23. The number of fused-ring (bicyclic) bond motifs is 3. The van der Waals surface area contributed by atoms with Crippen molar-refractivity contribution >= 4 is 56.6 Å². The van der Waals surface area contributed by atoms with Crippen molar-refractivity contribution in [1.82, 2.24) is 15.0 Å². The second-order valence-corrected chi connectivity index (χ2v) is 9.03. The largest absolute Gasteiger partial charge is 0.310 e. The van der Waals surface area contributed by atoms with E-state index >= 15 is 0 Å². The van der Waals surface area contributed by atoms with Gasteiger partial charge in [0.15, 0.2) is 0 Å². The molecule has 134 valence electrons. The van der Waals surface area contributed by atoms with Gasteiger partial charge < -0.3 is 5.32 Å². The number of anilines is 1. The number of nitrogens with zero attached hydrogens (tertiary/aromatic N) is 3. The van der Waals surface area contributed by atoms with E-state index in [1.807, 2.05) is 6.92 Å². The third-order valence-electron chi connectivity index (χ3n) is 4.35. The Kier molecular flexibility index (Phi) is 5.11. The van der Waals surface area contributed by atoms with E-state index in [9.17, 15) is 4.79 Å². The molecular formula is C18H17ClN4OS2. The van der Waals surface area contributed by atoms with Crippen molar-refractivity contribution in [2.24, 2.45) is 0 Å². The van der Waals surface area contributed by atoms with Gasteiger partial charge in [0.25, 0.3) is 0 Å². The number of rotatable bonds is 4. The van der Waals surface area contributed by atoms with E-state index < -0.39 is 0 Å². The molecule has 0 radical (unpaired) electrons. The number of carbonyl (C=O) groups is 1. The molecule has 1 amide bonds. The van der Waals surface area contributed by atoms with Crippen molar-refractivity contribution in [3.05, 3.63) is 40.1 Å². The lowest BCUT2D eigenvalue weighted by Crippen LogP contribution is -2.23. The van der Waals surface area contributed by atoms with E-state index in [-0.39, 0.29) is 11.2 Å². The SMILES string of the molecule is C[C@H](Sc1ncnc2sc3c(c12)CCCC3)C(=O)Nc1ccc(Cl)cn1. The summed E-state index contributed by atoms with van der Waals surface area (Å²) >= 11 is 9.06. The Bertz CT molecular complexity index is 958. The van der Waals surface area contributed by atoms with Crippen molar-refractivity contribution in [3.8, 4) is 0 Å². The number of nitrogens with one attached hydrogen (secondary N) is 1. The van der Waals surface area contributed by atoms with Crippen molar-refractivity contribution < 1.29 is 4.79 Å². The molecule has 1 aliphatic carbocycles. The van der Waals surface area contributed by atoms with Gasteiger partial charge >= 0.3 is 0 Å². The summed E-state index contributed by atoms with van der Waals surface area (Å²) in [6.45, 7) is 1.88. The molecular weight excluding hydrogens is 388 g/mol. The van der Waals surface area contributed by atoms with Crippen LogP contribution in [0.25, 0.3) is 10.2 Å². The second-order valence-electron chi connectivity index (χ2n) is 6.18. The summed E-state index contributed by atoms with van der Waals surface area (Å²) < 4.78 is 0. The van der Waals surface area contributed by atoms with Gasteiger partial charge in [-0.1, -0.05) is 23.4 Å². The van der Waals surface area contributed by atoms with Crippen LogP contribution in [0.3, 0.4) is 0 Å². The minimum absolute atomic E-state index is 0.110. The van der Waals surface area contributed by atoms with E-state index in [1.54, 1.807) is 29.8 Å². The van der Waals surface area contributed by atoms with Crippen LogP contribution in [0.2, 0.25) is 5.02 Å². The van der Waals surface area contributed by atoms with E-state index in [4.69, 9.17) is 11.6 Å². The Labute approximate surface area is 164 Å². The summed E-state index contributed by atoms with van der Waals surface area (Å²) in [5, 5.41) is 5.09. The molecule has 8 heteroatoms. The van der Waals surface area contributed by atoms with Gasteiger partial charge in [0.2, 0.25) is 5.91 Å². The minimum Gasteiger partial charge on any atom is -0.310 e. The predicted molar refractivity (Wildman–Crippen MR) is 107 cm³/mol. The van der Waals surface area contributed by atoms with Crippen LogP contribution in [0.4, 0.5) is 5.82 Å². The van der Waals surface area contributed by atoms with Crippen molar-refractivity contribution in [2.75, 3.05) is 5.32 Å². The molecule has 1 aliphatic rings. The molecule has 0 spiro atoms. The van der Waals surface area contributed by atoms with E-state index in [0.29, 0.717) is 10.8 Å². The molecule has 3 aromatic heterocycles. The number of aromatic nitrogens is 3. The van der Waals surface area contributed by atoms with Gasteiger partial charge in [0.1, 0.15) is 22.0 Å². The van der Waals surface area contributed by atoms with Gasteiger partial charge in [0.05, 0.1) is 10.3 Å². The van der Waals surface area contributed by atoms with Crippen molar-refractivity contribution in [1.29, 1.82) is 0 Å². The van der Waals surface area contributed by atoms with Crippen LogP contribution in [-0.2, 0) is 17.6 Å². The summed E-state index contributed by atoms with van der Waals surface area (Å²) in [5.74, 6) is 0.383. The van der Waals surface area contributed by atoms with E-state index in [0.717, 1.165) is 28.1 Å². The van der Waals surface area contributed by atoms with Crippen LogP contribution in [-0.4, -0.2) is 26.1 Å². The van der Waals surface area contributed by atoms with Gasteiger partial charge in [-0.2, -0.15) is 0 Å². The van der Waals surface area contributed by atoms with Crippen LogP contribution in [0.15, 0.2) is 29.7 Å². The van der Waals surface area contributed by atoms with Crippen LogP contribution >= 0.6 is 34.7 Å². The van der Waals surface area contributed by atoms with Gasteiger partial charge in [-0.15, -0.1) is 11.3 Å². The highest BCUT2D eigenvalue weighted by Crippen LogP contribution is 2.40. The average Bonchev–Trinajstić information content (AvgIpc) is 3.03. The average molecular weight is 405 g/mol. The van der Waals surface area contributed by atoms with E-state index in [2.05, 4.69) is 20.3 Å². The molecule has 0 bridgehead atoms. The Balaban J connectivity index is 1.55. The molecule has 0 saturated heterocycles. The molecule has 0 aliphatic heterocycles. The third-order valence-corrected chi connectivity index (χ3v) is 6.88. The number of amides is 1. The molecule has 0 aromatic carbocycles. The quantitative estimate of drug-likeness (QED) is 0.502. The first-order valence-corrected chi connectivity index (χ1v) is 10.5. The van der Waals surface area contributed by atoms with Crippen LogP contribution < -0.4 is 5.32 Å². The van der Waals surface area contributed by atoms with Crippen LogP contribution in [0.1, 0.15) is 30.2 Å². The maximum absolute atomic E-state index is 12.5. The summed E-state index contributed by atoms with van der Waals surface area (Å²) in [5.41, 5.74) is 1.38. The lowest BCUT2D eigenvalue weighted by molar-refractivity contribution is -0.115. The van der Waals surface area contributed by atoms with Crippen LogP contribution in [0, 0.1) is 0 Å². The predicted octanol–water partition coefficient (Wildman–Crippen LogP) is 4.74. The number of halogens is 1. The third kappa shape index (κ3) is 3.56. The fourth-order valence-electron chi connectivity index (χ4n) is 3.05. The summed E-state index contributed by atoms with van der Waals surface area (Å²) in [6, 6.07) is 3.39. The standard InChI is InChI=1S/C18H17ClN4OS2/c1-10(16(24)23-14-7-6-11(19)8-20-14)25-17-15-12-4-2-3-5-13(12)26-18(15)22-9-21-17/h6-10H,2-5H2,1H3,(H,20,23,24)/t10-/m0/s1. The van der Waals surface area contributed by atoms with Crippen molar-refractivity contribution in [3.63, 3.8) is 0 Å². The summed E-state index contributed by atoms with van der Waals surface area (Å²) in [7, 11) is 0. The number of aryl methyl sites for hydroxylation is 2. The first kappa shape index (κ1) is 17.7. The Morgan fingerprint density at radius 1 is 1.27 bits per heavy atom. The lowest BCUT2D eigenvalue weighted by Gasteiger charge is -2.14. The molecule has 26 heavy (non-hydrogen) atoms. The minimum atomic E-state index is -0.301. The first-order valence-electron chi connectivity index (χ1n) is 8.46. The molecule has 0 fully saturated rings. The summed E-state index contributed by atoms with van der Waals surface area (Å²) in [6.07, 6.45) is 7.75. The number of thiophene rings is 1. The molecule has 5 nitrogen and oxygen atoms in total. The molecule has 1 N–H and O–H groups in total. The zero-order valence-corrected chi connectivity index (χ0v) is 16.5. The fraction of sp³-hybridized carbons (Fsp3) is 0.333. The molecule has 3 aromatic rings. The zero-order valence-electron chi connectivity index (χ0n) is 14.2. The second kappa shape index (κ2) is 7.50. The van der Waals surface area contributed by atoms with Gasteiger partial charge in [-0.05, 0) is 50.3 Å². The molecule has 4 rings (SSSR count). The number of pyridine rings is 1. The zero-order chi connectivity index (χ0) is 18.1. The van der Waals surface area contributed by atoms with Gasteiger partial charge in [0, 0.05) is 16.5 Å². The molecule has 3 heterocycles. The summed E-state index contributed by atoms with van der Waals surface area (Å²) in [4.78, 5) is 28.0. The maximum Gasteiger partial charge on any atom is 0.238 e. The van der Waals surface area contributed by atoms with Gasteiger partial charge in [-0.3, -0.25) is 4.79 Å². The smallest absolute Gasteiger partial charge is 0.238 e. The number of carbonyl (C=O) groups excluding carboxylic acids is 1. The molecule has 1 atom stereocenters.